The molecule has 0 bridgehead atoms. The Kier molecular flexibility index (Phi) is 8.19. The van der Waals surface area contributed by atoms with Crippen LogP contribution >= 0.6 is 11.6 Å². The molecule has 0 aromatic heterocycles. The summed E-state index contributed by atoms with van der Waals surface area (Å²) >= 11 is 5.52. The Hall–Kier alpha value is -0.0000000000000000555. The molecular weight excluding hydrogens is 231 g/mol. The van der Waals surface area contributed by atoms with Crippen molar-refractivity contribution >= 4 is 11.6 Å². The van der Waals surface area contributed by atoms with Gasteiger partial charge in [0.2, 0.25) is 0 Å². The van der Waals surface area contributed by atoms with E-state index in [1.807, 2.05) is 6.92 Å². The summed E-state index contributed by atoms with van der Waals surface area (Å²) in [7, 11) is 0. The third kappa shape index (κ3) is 11.9. The van der Waals surface area contributed by atoms with Gasteiger partial charge in [-0.05, 0) is 26.3 Å². The van der Waals surface area contributed by atoms with Gasteiger partial charge < -0.3 is 10.1 Å². The number of rotatable bonds is 8. The molecule has 0 spiro atoms. The Balaban J connectivity index is 3.18. The van der Waals surface area contributed by atoms with Crippen molar-refractivity contribution in [2.24, 2.45) is 0 Å². The minimum Gasteiger partial charge on any atom is -0.372 e. The average molecular weight is 248 g/mol. The average Bonchev–Trinajstić information content (AvgIpc) is 2.09. The van der Waals surface area contributed by atoms with Gasteiger partial charge in [-0.3, -0.25) is 0 Å². The molecule has 92 valence electrons. The van der Waals surface area contributed by atoms with Gasteiger partial charge in [0.1, 0.15) is 6.61 Å². The Morgan fingerprint density at radius 3 is 2.60 bits per heavy atom. The summed E-state index contributed by atoms with van der Waals surface area (Å²) in [6.45, 7) is 1.60. The molecule has 2 nitrogen and oxygen atoms in total. The molecule has 0 rings (SSSR count). The topological polar surface area (TPSA) is 21.3 Å². The van der Waals surface area contributed by atoms with Gasteiger partial charge in [0.15, 0.2) is 0 Å². The molecule has 15 heavy (non-hydrogen) atoms. The summed E-state index contributed by atoms with van der Waals surface area (Å²) in [6.07, 6.45) is -2.80. The van der Waals surface area contributed by atoms with Crippen molar-refractivity contribution in [3.05, 3.63) is 0 Å². The summed E-state index contributed by atoms with van der Waals surface area (Å²) in [5.41, 5.74) is 0. The van der Waals surface area contributed by atoms with E-state index in [0.717, 1.165) is 6.42 Å². The summed E-state index contributed by atoms with van der Waals surface area (Å²) in [6, 6.07) is 0.296. The molecule has 1 atom stereocenters. The monoisotopic (exact) mass is 247 g/mol. The zero-order valence-electron chi connectivity index (χ0n) is 8.74. The van der Waals surface area contributed by atoms with Gasteiger partial charge in [0, 0.05) is 18.5 Å². The van der Waals surface area contributed by atoms with E-state index in [-0.39, 0.29) is 6.61 Å². The highest BCUT2D eigenvalue weighted by molar-refractivity contribution is 6.17. The first-order chi connectivity index (χ1) is 6.95. The summed E-state index contributed by atoms with van der Waals surface area (Å²) in [5.74, 6) is 0.582. The lowest BCUT2D eigenvalue weighted by Gasteiger charge is -2.12. The number of ether oxygens (including phenoxy) is 1. The van der Waals surface area contributed by atoms with Crippen LogP contribution in [0.4, 0.5) is 13.2 Å². The van der Waals surface area contributed by atoms with Gasteiger partial charge in [-0.2, -0.15) is 13.2 Å². The predicted octanol–water partition coefficient (Wildman–Crippen LogP) is 2.56. The van der Waals surface area contributed by atoms with Crippen molar-refractivity contribution in [3.8, 4) is 0 Å². The lowest BCUT2D eigenvalue weighted by atomic mass is 10.2. The summed E-state index contributed by atoms with van der Waals surface area (Å²) < 4.78 is 39.4. The van der Waals surface area contributed by atoms with Crippen molar-refractivity contribution in [2.75, 3.05) is 25.6 Å². The lowest BCUT2D eigenvalue weighted by molar-refractivity contribution is -0.173. The van der Waals surface area contributed by atoms with Crippen molar-refractivity contribution in [2.45, 2.75) is 32.0 Å². The van der Waals surface area contributed by atoms with Crippen LogP contribution in [0.2, 0.25) is 0 Å². The highest BCUT2D eigenvalue weighted by Gasteiger charge is 2.27. The van der Waals surface area contributed by atoms with Crippen LogP contribution in [-0.4, -0.2) is 37.9 Å². The molecule has 0 aromatic rings. The number of halogens is 4. The van der Waals surface area contributed by atoms with Crippen LogP contribution < -0.4 is 5.32 Å². The van der Waals surface area contributed by atoms with Crippen LogP contribution in [-0.2, 0) is 4.74 Å². The van der Waals surface area contributed by atoms with Crippen molar-refractivity contribution in [1.29, 1.82) is 0 Å². The first kappa shape index (κ1) is 15.0. The number of alkyl halides is 4. The maximum atomic E-state index is 11.6. The molecule has 0 aliphatic heterocycles. The quantitative estimate of drug-likeness (QED) is 0.526. The SMILES string of the molecule is CC(CCCl)NCCCOCC(F)(F)F. The van der Waals surface area contributed by atoms with E-state index >= 15 is 0 Å². The second kappa shape index (κ2) is 8.19. The van der Waals surface area contributed by atoms with Crippen LogP contribution in [0, 0.1) is 0 Å². The van der Waals surface area contributed by atoms with Crippen LogP contribution in [0.5, 0.6) is 0 Å². The largest absolute Gasteiger partial charge is 0.411 e. The van der Waals surface area contributed by atoms with E-state index in [1.165, 1.54) is 0 Å². The van der Waals surface area contributed by atoms with Crippen molar-refractivity contribution in [3.63, 3.8) is 0 Å². The highest BCUT2D eigenvalue weighted by atomic mass is 35.5. The van der Waals surface area contributed by atoms with Gasteiger partial charge in [0.25, 0.3) is 0 Å². The van der Waals surface area contributed by atoms with Gasteiger partial charge in [-0.25, -0.2) is 0 Å². The van der Waals surface area contributed by atoms with Crippen LogP contribution in [0.15, 0.2) is 0 Å². The fourth-order valence-electron chi connectivity index (χ4n) is 0.976. The number of hydrogen-bond donors (Lipinski definition) is 1. The highest BCUT2D eigenvalue weighted by Crippen LogP contribution is 2.14. The summed E-state index contributed by atoms with van der Waals surface area (Å²) in [4.78, 5) is 0. The van der Waals surface area contributed by atoms with Crippen molar-refractivity contribution < 1.29 is 17.9 Å². The van der Waals surface area contributed by atoms with Crippen LogP contribution in [0.3, 0.4) is 0 Å². The van der Waals surface area contributed by atoms with Crippen LogP contribution in [0.1, 0.15) is 19.8 Å². The number of nitrogens with one attached hydrogen (secondary N) is 1. The Morgan fingerprint density at radius 2 is 2.07 bits per heavy atom. The second-order valence-electron chi connectivity index (χ2n) is 3.35. The Labute approximate surface area is 93.1 Å². The van der Waals surface area contributed by atoms with E-state index in [4.69, 9.17) is 11.6 Å². The molecule has 0 heterocycles. The van der Waals surface area contributed by atoms with Gasteiger partial charge >= 0.3 is 6.18 Å². The fraction of sp³-hybridized carbons (Fsp3) is 1.00. The minimum atomic E-state index is -4.22. The van der Waals surface area contributed by atoms with Crippen LogP contribution in [0.25, 0.3) is 0 Å². The smallest absolute Gasteiger partial charge is 0.372 e. The molecule has 0 fully saturated rings. The van der Waals surface area contributed by atoms with E-state index in [9.17, 15) is 13.2 Å². The maximum absolute atomic E-state index is 11.6. The number of hydrogen-bond acceptors (Lipinski definition) is 2. The molecule has 0 saturated heterocycles. The third-order valence-electron chi connectivity index (χ3n) is 1.77. The minimum absolute atomic E-state index is 0.125. The van der Waals surface area contributed by atoms with Gasteiger partial charge in [-0.15, -0.1) is 11.6 Å². The molecule has 1 unspecified atom stereocenters. The Bertz CT molecular complexity index is 155. The van der Waals surface area contributed by atoms with Gasteiger partial charge in [0.05, 0.1) is 0 Å². The van der Waals surface area contributed by atoms with Gasteiger partial charge in [-0.1, -0.05) is 0 Å². The third-order valence-corrected chi connectivity index (χ3v) is 1.98. The fourth-order valence-corrected chi connectivity index (χ4v) is 1.30. The molecule has 1 N–H and O–H groups in total. The molecule has 0 aromatic carbocycles. The summed E-state index contributed by atoms with van der Waals surface area (Å²) in [5, 5.41) is 3.14. The zero-order valence-corrected chi connectivity index (χ0v) is 9.50. The zero-order chi connectivity index (χ0) is 11.7. The van der Waals surface area contributed by atoms with E-state index in [0.29, 0.717) is 24.9 Å². The molecular formula is C9H17ClF3NO. The molecule has 0 amide bonds. The molecule has 6 heteroatoms. The molecule has 0 saturated carbocycles. The molecule has 0 radical (unpaired) electrons. The second-order valence-corrected chi connectivity index (χ2v) is 3.73. The first-order valence-corrected chi connectivity index (χ1v) is 5.43. The van der Waals surface area contributed by atoms with E-state index in [1.54, 1.807) is 0 Å². The van der Waals surface area contributed by atoms with E-state index in [2.05, 4.69) is 10.1 Å². The first-order valence-electron chi connectivity index (χ1n) is 4.89. The Morgan fingerprint density at radius 1 is 1.40 bits per heavy atom. The normalized spacial score (nSPS) is 14.2. The maximum Gasteiger partial charge on any atom is 0.411 e. The standard InChI is InChI=1S/C9H17ClF3NO/c1-8(3-4-10)14-5-2-6-15-7-9(11,12)13/h8,14H,2-7H2,1H3. The van der Waals surface area contributed by atoms with E-state index < -0.39 is 12.8 Å². The predicted molar refractivity (Wildman–Crippen MR) is 54.3 cm³/mol. The molecule has 0 aliphatic rings. The van der Waals surface area contributed by atoms with Crippen molar-refractivity contribution in [1.82, 2.24) is 5.32 Å². The molecule has 0 aliphatic carbocycles. The lowest BCUT2D eigenvalue weighted by Crippen LogP contribution is -2.28.